The lowest BCUT2D eigenvalue weighted by atomic mass is 9.97. The summed E-state index contributed by atoms with van der Waals surface area (Å²) in [6.07, 6.45) is 1.15. The molecule has 1 aromatic heterocycles. The Labute approximate surface area is 175 Å². The standard InChI is InChI=1S/C24H27NO5/c1-4-14(2)21(23(27)28)25-13-19-20(26)11-10-17-15(3)18(24(29)30-22(17)19)12-16-8-6-5-7-9-16/h5-11,14,21,25-26H,4,12-13H2,1-3H3,(H,27,28)/t14-,21-/m0/s1. The Bertz CT molecular complexity index is 1100. The van der Waals surface area contributed by atoms with E-state index in [0.29, 0.717) is 24.0 Å². The zero-order chi connectivity index (χ0) is 21.8. The number of phenols is 1. The lowest BCUT2D eigenvalue weighted by Crippen LogP contribution is -2.41. The monoisotopic (exact) mass is 409 g/mol. The summed E-state index contributed by atoms with van der Waals surface area (Å²) in [5.74, 6) is -1.08. The minimum absolute atomic E-state index is 0.0401. The number of aryl methyl sites for hydroxylation is 1. The molecule has 30 heavy (non-hydrogen) atoms. The Kier molecular flexibility index (Phi) is 6.57. The first kappa shape index (κ1) is 21.6. The molecule has 2 atom stereocenters. The van der Waals surface area contributed by atoms with Crippen molar-refractivity contribution in [3.8, 4) is 5.75 Å². The maximum absolute atomic E-state index is 12.8. The molecule has 0 fully saturated rings. The third kappa shape index (κ3) is 4.39. The van der Waals surface area contributed by atoms with E-state index in [2.05, 4.69) is 5.32 Å². The van der Waals surface area contributed by atoms with Crippen LogP contribution >= 0.6 is 0 Å². The van der Waals surface area contributed by atoms with E-state index in [1.54, 1.807) is 12.1 Å². The smallest absolute Gasteiger partial charge is 0.340 e. The van der Waals surface area contributed by atoms with E-state index in [-0.39, 0.29) is 23.8 Å². The van der Waals surface area contributed by atoms with Gasteiger partial charge < -0.3 is 14.6 Å². The zero-order valence-electron chi connectivity index (χ0n) is 17.4. The Morgan fingerprint density at radius 3 is 2.47 bits per heavy atom. The van der Waals surface area contributed by atoms with Crippen molar-refractivity contribution in [1.29, 1.82) is 0 Å². The average Bonchev–Trinajstić information content (AvgIpc) is 2.73. The van der Waals surface area contributed by atoms with Crippen LogP contribution in [-0.2, 0) is 17.8 Å². The van der Waals surface area contributed by atoms with Crippen molar-refractivity contribution in [3.63, 3.8) is 0 Å². The van der Waals surface area contributed by atoms with Gasteiger partial charge in [0.05, 0.1) is 5.56 Å². The van der Waals surface area contributed by atoms with Gasteiger partial charge in [0.15, 0.2) is 0 Å². The molecule has 0 unspecified atom stereocenters. The number of carboxylic acids is 1. The molecular weight excluding hydrogens is 382 g/mol. The lowest BCUT2D eigenvalue weighted by Gasteiger charge is -2.21. The van der Waals surface area contributed by atoms with Crippen LogP contribution in [0.1, 0.15) is 42.5 Å². The highest BCUT2D eigenvalue weighted by Gasteiger charge is 2.24. The summed E-state index contributed by atoms with van der Waals surface area (Å²) in [6.45, 7) is 5.72. The van der Waals surface area contributed by atoms with Crippen LogP contribution in [-0.4, -0.2) is 22.2 Å². The number of hydrogen-bond donors (Lipinski definition) is 3. The molecule has 3 rings (SSSR count). The predicted octanol–water partition coefficient (Wildman–Crippen LogP) is 3.99. The number of nitrogens with one attached hydrogen (secondary N) is 1. The Morgan fingerprint density at radius 1 is 1.13 bits per heavy atom. The minimum atomic E-state index is -0.952. The van der Waals surface area contributed by atoms with Crippen molar-refractivity contribution in [3.05, 3.63) is 75.1 Å². The van der Waals surface area contributed by atoms with E-state index >= 15 is 0 Å². The molecule has 0 radical (unpaired) electrons. The summed E-state index contributed by atoms with van der Waals surface area (Å²) in [4.78, 5) is 24.4. The van der Waals surface area contributed by atoms with Gasteiger partial charge in [-0.25, -0.2) is 4.79 Å². The largest absolute Gasteiger partial charge is 0.507 e. The molecule has 0 amide bonds. The van der Waals surface area contributed by atoms with Crippen molar-refractivity contribution in [2.75, 3.05) is 0 Å². The average molecular weight is 409 g/mol. The second-order valence-electron chi connectivity index (χ2n) is 7.68. The normalized spacial score (nSPS) is 13.3. The number of phenolic OH excluding ortho intramolecular Hbond substituents is 1. The van der Waals surface area contributed by atoms with Crippen molar-refractivity contribution in [2.24, 2.45) is 5.92 Å². The summed E-state index contributed by atoms with van der Waals surface area (Å²) >= 11 is 0. The van der Waals surface area contributed by atoms with Gasteiger partial charge in [-0.05, 0) is 36.1 Å². The summed E-state index contributed by atoms with van der Waals surface area (Å²) in [5, 5.41) is 23.6. The first-order valence-corrected chi connectivity index (χ1v) is 10.1. The van der Waals surface area contributed by atoms with E-state index in [1.165, 1.54) is 0 Å². The first-order chi connectivity index (χ1) is 14.3. The molecule has 0 spiro atoms. The third-order valence-corrected chi connectivity index (χ3v) is 5.74. The van der Waals surface area contributed by atoms with Crippen LogP contribution in [0.2, 0.25) is 0 Å². The molecule has 0 saturated carbocycles. The first-order valence-electron chi connectivity index (χ1n) is 10.1. The quantitative estimate of drug-likeness (QED) is 0.487. The third-order valence-electron chi connectivity index (χ3n) is 5.74. The number of aliphatic carboxylic acids is 1. The van der Waals surface area contributed by atoms with Crippen LogP contribution in [0.15, 0.2) is 51.7 Å². The van der Waals surface area contributed by atoms with Gasteiger partial charge in [-0.1, -0.05) is 50.6 Å². The van der Waals surface area contributed by atoms with E-state index < -0.39 is 17.6 Å². The van der Waals surface area contributed by atoms with Crippen LogP contribution in [0, 0.1) is 12.8 Å². The SMILES string of the molecule is CC[C@H](C)[C@H](NCc1c(O)ccc2c(C)c(Cc3ccccc3)c(=O)oc12)C(=O)O. The summed E-state index contributed by atoms with van der Waals surface area (Å²) < 4.78 is 5.63. The molecule has 3 N–H and O–H groups in total. The number of carbonyl (C=O) groups is 1. The maximum atomic E-state index is 12.8. The molecule has 1 heterocycles. The Morgan fingerprint density at radius 2 is 1.83 bits per heavy atom. The fourth-order valence-electron chi connectivity index (χ4n) is 3.65. The van der Waals surface area contributed by atoms with E-state index in [4.69, 9.17) is 4.42 Å². The lowest BCUT2D eigenvalue weighted by molar-refractivity contribution is -0.140. The van der Waals surface area contributed by atoms with Gasteiger partial charge in [0.1, 0.15) is 17.4 Å². The molecular formula is C24H27NO5. The van der Waals surface area contributed by atoms with Gasteiger partial charge in [-0.15, -0.1) is 0 Å². The topological polar surface area (TPSA) is 99.8 Å². The van der Waals surface area contributed by atoms with E-state index in [0.717, 1.165) is 16.5 Å². The van der Waals surface area contributed by atoms with E-state index in [1.807, 2.05) is 51.1 Å². The number of carboxylic acid groups (broad SMARTS) is 1. The van der Waals surface area contributed by atoms with Crippen LogP contribution in [0.5, 0.6) is 5.75 Å². The molecule has 0 saturated heterocycles. The van der Waals surface area contributed by atoms with Crippen LogP contribution in [0.25, 0.3) is 11.0 Å². The molecule has 0 aliphatic rings. The van der Waals surface area contributed by atoms with E-state index in [9.17, 15) is 19.8 Å². The highest BCUT2D eigenvalue weighted by Crippen LogP contribution is 2.30. The van der Waals surface area contributed by atoms with Gasteiger partial charge in [-0.2, -0.15) is 0 Å². The highest BCUT2D eigenvalue weighted by atomic mass is 16.4. The second-order valence-corrected chi connectivity index (χ2v) is 7.68. The fourth-order valence-corrected chi connectivity index (χ4v) is 3.65. The molecule has 0 aliphatic carbocycles. The summed E-state index contributed by atoms with van der Waals surface area (Å²) in [6, 6.07) is 12.2. The molecule has 6 nitrogen and oxygen atoms in total. The highest BCUT2D eigenvalue weighted by molar-refractivity contribution is 5.86. The second kappa shape index (κ2) is 9.13. The molecule has 0 aliphatic heterocycles. The van der Waals surface area contributed by atoms with Crippen molar-refractivity contribution in [2.45, 2.75) is 46.2 Å². The predicted molar refractivity (Wildman–Crippen MR) is 116 cm³/mol. The molecule has 3 aromatic rings. The summed E-state index contributed by atoms with van der Waals surface area (Å²) in [7, 11) is 0. The van der Waals surface area contributed by atoms with Crippen LogP contribution < -0.4 is 10.9 Å². The van der Waals surface area contributed by atoms with Crippen molar-refractivity contribution < 1.29 is 19.4 Å². The number of hydrogen-bond acceptors (Lipinski definition) is 5. The van der Waals surface area contributed by atoms with Gasteiger partial charge in [0.2, 0.25) is 0 Å². The van der Waals surface area contributed by atoms with Crippen molar-refractivity contribution >= 4 is 16.9 Å². The number of rotatable bonds is 8. The minimum Gasteiger partial charge on any atom is -0.507 e. The van der Waals surface area contributed by atoms with Crippen molar-refractivity contribution in [1.82, 2.24) is 5.32 Å². The van der Waals surface area contributed by atoms with Gasteiger partial charge >= 0.3 is 11.6 Å². The van der Waals surface area contributed by atoms with Crippen LogP contribution in [0.4, 0.5) is 0 Å². The number of fused-ring (bicyclic) bond motifs is 1. The molecule has 0 bridgehead atoms. The fraction of sp³-hybridized carbons (Fsp3) is 0.333. The maximum Gasteiger partial charge on any atom is 0.340 e. The molecule has 158 valence electrons. The summed E-state index contributed by atoms with van der Waals surface area (Å²) in [5.41, 5.74) is 2.59. The van der Waals surface area contributed by atoms with Gasteiger partial charge in [0, 0.05) is 23.9 Å². The Balaban J connectivity index is 2.01. The number of benzene rings is 2. The zero-order valence-corrected chi connectivity index (χ0v) is 17.4. The van der Waals surface area contributed by atoms with Crippen LogP contribution in [0.3, 0.4) is 0 Å². The Hall–Kier alpha value is -3.12. The van der Waals surface area contributed by atoms with Gasteiger partial charge in [-0.3, -0.25) is 10.1 Å². The molecule has 6 heteroatoms. The number of aromatic hydroxyl groups is 1. The van der Waals surface area contributed by atoms with Gasteiger partial charge in [0.25, 0.3) is 0 Å². The molecule has 2 aromatic carbocycles.